The highest BCUT2D eigenvalue weighted by atomic mass is 16.2. The molecule has 0 fully saturated rings. The van der Waals surface area contributed by atoms with Gasteiger partial charge in [-0.3, -0.25) is 4.57 Å². The Morgan fingerprint density at radius 2 is 1.88 bits per heavy atom. The maximum absolute atomic E-state index is 12.9. The second-order valence-corrected chi connectivity index (χ2v) is 7.65. The summed E-state index contributed by atoms with van der Waals surface area (Å²) < 4.78 is 3.34. The SMILES string of the molecule is C/C=C/Cn1nc(CCCC)n(Cc2ccc(-c3cccc(-c4nn[nH]n4)c3)cc2)c1=O. The molecule has 0 aliphatic heterocycles. The third kappa shape index (κ3) is 4.74. The van der Waals surface area contributed by atoms with Gasteiger partial charge in [0.15, 0.2) is 0 Å². The summed E-state index contributed by atoms with van der Waals surface area (Å²) in [5.74, 6) is 1.41. The fourth-order valence-electron chi connectivity index (χ4n) is 3.60. The van der Waals surface area contributed by atoms with Gasteiger partial charge in [0, 0.05) is 12.0 Å². The molecule has 2 aromatic carbocycles. The zero-order valence-corrected chi connectivity index (χ0v) is 18.4. The Kier molecular flexibility index (Phi) is 6.69. The van der Waals surface area contributed by atoms with E-state index in [1.807, 2.05) is 37.3 Å². The second-order valence-electron chi connectivity index (χ2n) is 7.65. The van der Waals surface area contributed by atoms with Crippen LogP contribution in [0.1, 0.15) is 38.1 Å². The van der Waals surface area contributed by atoms with Gasteiger partial charge in [0.05, 0.1) is 13.1 Å². The van der Waals surface area contributed by atoms with Crippen LogP contribution in [0.5, 0.6) is 0 Å². The highest BCUT2D eigenvalue weighted by Crippen LogP contribution is 2.24. The van der Waals surface area contributed by atoms with E-state index in [2.05, 4.69) is 63.0 Å². The molecule has 0 saturated carbocycles. The van der Waals surface area contributed by atoms with Crippen molar-refractivity contribution in [1.82, 2.24) is 35.0 Å². The van der Waals surface area contributed by atoms with Crippen molar-refractivity contribution in [1.29, 1.82) is 0 Å². The summed E-state index contributed by atoms with van der Waals surface area (Å²) in [6, 6.07) is 16.3. The van der Waals surface area contributed by atoms with Gasteiger partial charge in [0.25, 0.3) is 0 Å². The van der Waals surface area contributed by atoms with Gasteiger partial charge in [-0.25, -0.2) is 9.48 Å². The number of hydrogen-bond donors (Lipinski definition) is 1. The lowest BCUT2D eigenvalue weighted by Gasteiger charge is -2.08. The third-order valence-corrected chi connectivity index (χ3v) is 5.36. The molecule has 8 heteroatoms. The molecule has 0 saturated heterocycles. The molecule has 2 heterocycles. The Labute approximate surface area is 186 Å². The molecule has 1 N–H and O–H groups in total. The Morgan fingerprint density at radius 1 is 1.06 bits per heavy atom. The van der Waals surface area contributed by atoms with E-state index in [1.54, 1.807) is 9.25 Å². The summed E-state index contributed by atoms with van der Waals surface area (Å²) in [4.78, 5) is 12.9. The van der Waals surface area contributed by atoms with Crippen LogP contribution in [0.3, 0.4) is 0 Å². The standard InChI is InChI=1S/C24H27N7O/c1-3-5-10-22-27-31(15-6-4-2)24(32)30(22)17-18-11-13-19(14-12-18)20-8-7-9-21(16-20)23-25-28-29-26-23/h4,6-9,11-14,16H,3,5,10,15,17H2,1-2H3,(H,25,26,28,29)/b6-4+. The number of unbranched alkanes of at least 4 members (excludes halogenated alkanes) is 1. The summed E-state index contributed by atoms with van der Waals surface area (Å²) in [6.07, 6.45) is 6.75. The number of nitrogens with one attached hydrogen (secondary N) is 1. The molecule has 2 aromatic heterocycles. The largest absolute Gasteiger partial charge is 0.346 e. The lowest BCUT2D eigenvalue weighted by Crippen LogP contribution is -2.25. The molecule has 164 valence electrons. The van der Waals surface area contributed by atoms with Crippen molar-refractivity contribution in [3.63, 3.8) is 0 Å². The topological polar surface area (TPSA) is 94.3 Å². The van der Waals surface area contributed by atoms with E-state index >= 15 is 0 Å². The van der Waals surface area contributed by atoms with Crippen molar-refractivity contribution in [3.05, 3.63) is 82.6 Å². The average Bonchev–Trinajstić information content (AvgIpc) is 3.46. The fraction of sp³-hybridized carbons (Fsp3) is 0.292. The van der Waals surface area contributed by atoms with Crippen LogP contribution in [0.15, 0.2) is 65.5 Å². The molecule has 0 radical (unpaired) electrons. The fourth-order valence-corrected chi connectivity index (χ4v) is 3.60. The summed E-state index contributed by atoms with van der Waals surface area (Å²) in [6.45, 7) is 5.10. The minimum absolute atomic E-state index is 0.0638. The molecular weight excluding hydrogens is 402 g/mol. The monoisotopic (exact) mass is 429 g/mol. The van der Waals surface area contributed by atoms with Crippen molar-refractivity contribution >= 4 is 0 Å². The minimum Gasteiger partial charge on any atom is -0.274 e. The van der Waals surface area contributed by atoms with Gasteiger partial charge in [-0.05, 0) is 41.3 Å². The van der Waals surface area contributed by atoms with Crippen molar-refractivity contribution < 1.29 is 0 Å². The number of aryl methyl sites for hydroxylation is 1. The number of aromatic amines is 1. The predicted octanol–water partition coefficient (Wildman–Crippen LogP) is 3.86. The van der Waals surface area contributed by atoms with Crippen LogP contribution in [0.4, 0.5) is 0 Å². The number of tetrazole rings is 1. The number of nitrogens with zero attached hydrogens (tertiary/aromatic N) is 6. The molecule has 0 amide bonds. The van der Waals surface area contributed by atoms with Gasteiger partial charge in [-0.2, -0.15) is 10.3 Å². The van der Waals surface area contributed by atoms with E-state index in [0.29, 0.717) is 18.9 Å². The van der Waals surface area contributed by atoms with Gasteiger partial charge >= 0.3 is 5.69 Å². The van der Waals surface area contributed by atoms with Crippen LogP contribution in [0.2, 0.25) is 0 Å². The van der Waals surface area contributed by atoms with E-state index in [-0.39, 0.29) is 5.69 Å². The molecule has 0 unspecified atom stereocenters. The number of benzene rings is 2. The molecular formula is C24H27N7O. The van der Waals surface area contributed by atoms with Crippen molar-refractivity contribution in [3.8, 4) is 22.5 Å². The zero-order chi connectivity index (χ0) is 22.3. The Balaban J connectivity index is 1.57. The van der Waals surface area contributed by atoms with E-state index in [1.165, 1.54) is 0 Å². The normalized spacial score (nSPS) is 11.4. The number of allylic oxidation sites excluding steroid dienone is 2. The highest BCUT2D eigenvalue weighted by molar-refractivity contribution is 5.70. The minimum atomic E-state index is -0.0638. The molecule has 0 atom stereocenters. The summed E-state index contributed by atoms with van der Waals surface area (Å²) in [5.41, 5.74) is 4.06. The van der Waals surface area contributed by atoms with Crippen LogP contribution in [-0.4, -0.2) is 35.0 Å². The first-order valence-electron chi connectivity index (χ1n) is 10.9. The molecule has 0 spiro atoms. The maximum atomic E-state index is 12.9. The van der Waals surface area contributed by atoms with Crippen molar-refractivity contribution in [2.75, 3.05) is 0 Å². The van der Waals surface area contributed by atoms with Crippen LogP contribution in [0.25, 0.3) is 22.5 Å². The smallest absolute Gasteiger partial charge is 0.274 e. The lowest BCUT2D eigenvalue weighted by molar-refractivity contribution is 0.647. The predicted molar refractivity (Wildman–Crippen MR) is 124 cm³/mol. The Hall–Kier alpha value is -3.81. The van der Waals surface area contributed by atoms with E-state index in [4.69, 9.17) is 0 Å². The average molecular weight is 430 g/mol. The van der Waals surface area contributed by atoms with E-state index in [9.17, 15) is 4.79 Å². The Bertz CT molecular complexity index is 1230. The summed E-state index contributed by atoms with van der Waals surface area (Å²) >= 11 is 0. The van der Waals surface area contributed by atoms with Gasteiger partial charge in [-0.1, -0.05) is 68.0 Å². The highest BCUT2D eigenvalue weighted by Gasteiger charge is 2.13. The molecule has 8 nitrogen and oxygen atoms in total. The van der Waals surface area contributed by atoms with Crippen LogP contribution >= 0.6 is 0 Å². The van der Waals surface area contributed by atoms with Gasteiger partial charge in [0.2, 0.25) is 5.82 Å². The molecule has 32 heavy (non-hydrogen) atoms. The van der Waals surface area contributed by atoms with Gasteiger partial charge in [-0.15, -0.1) is 10.2 Å². The van der Waals surface area contributed by atoms with Gasteiger partial charge < -0.3 is 0 Å². The molecule has 4 rings (SSSR count). The zero-order valence-electron chi connectivity index (χ0n) is 18.4. The Morgan fingerprint density at radius 3 is 2.59 bits per heavy atom. The first kappa shape index (κ1) is 21.4. The molecule has 0 bridgehead atoms. The first-order valence-corrected chi connectivity index (χ1v) is 10.9. The second kappa shape index (κ2) is 10.00. The quantitative estimate of drug-likeness (QED) is 0.408. The first-order chi connectivity index (χ1) is 15.7. The van der Waals surface area contributed by atoms with Crippen LogP contribution in [0, 0.1) is 0 Å². The summed E-state index contributed by atoms with van der Waals surface area (Å²) in [5, 5.41) is 18.8. The molecule has 0 aliphatic rings. The van der Waals surface area contributed by atoms with Crippen molar-refractivity contribution in [2.45, 2.75) is 46.2 Å². The van der Waals surface area contributed by atoms with Crippen molar-refractivity contribution in [2.24, 2.45) is 0 Å². The number of rotatable bonds is 9. The van der Waals surface area contributed by atoms with Gasteiger partial charge in [0.1, 0.15) is 5.82 Å². The van der Waals surface area contributed by atoms with Crippen LogP contribution in [-0.2, 0) is 19.5 Å². The summed E-state index contributed by atoms with van der Waals surface area (Å²) in [7, 11) is 0. The van der Waals surface area contributed by atoms with Crippen LogP contribution < -0.4 is 5.69 Å². The van der Waals surface area contributed by atoms with E-state index in [0.717, 1.165) is 47.3 Å². The molecule has 4 aromatic rings. The number of hydrogen-bond acceptors (Lipinski definition) is 5. The number of aromatic nitrogens is 7. The molecule has 0 aliphatic carbocycles. The number of H-pyrrole nitrogens is 1. The lowest BCUT2D eigenvalue weighted by atomic mass is 10.0. The third-order valence-electron chi connectivity index (χ3n) is 5.36. The maximum Gasteiger partial charge on any atom is 0.346 e. The van der Waals surface area contributed by atoms with E-state index < -0.39 is 0 Å².